The Kier molecular flexibility index (Phi) is 4.71. The van der Waals surface area contributed by atoms with E-state index >= 15 is 0 Å². The van der Waals surface area contributed by atoms with Crippen LogP contribution >= 0.6 is 0 Å². The maximum absolute atomic E-state index is 5.84. The zero-order valence-corrected chi connectivity index (χ0v) is 12.5. The van der Waals surface area contributed by atoms with Crippen molar-refractivity contribution >= 4 is 0 Å². The molecule has 0 amide bonds. The standard InChI is InChI=1S/C17H26N2O/c1-2-19(13-15-7-5-11-20-15)17-9-10-18-12-14-6-3-4-8-16(14)17/h3-4,6,8,15,17-18H,2,5,7,9-13H2,1H3. The average Bonchev–Trinajstić information content (AvgIpc) is 2.90. The van der Waals surface area contributed by atoms with E-state index < -0.39 is 0 Å². The Labute approximate surface area is 122 Å². The molecule has 0 aromatic heterocycles. The van der Waals surface area contributed by atoms with Gasteiger partial charge in [0.25, 0.3) is 0 Å². The third-order valence-electron chi connectivity index (χ3n) is 4.63. The molecule has 1 aromatic rings. The fourth-order valence-corrected chi connectivity index (χ4v) is 3.54. The van der Waals surface area contributed by atoms with Crippen LogP contribution in [-0.2, 0) is 11.3 Å². The quantitative estimate of drug-likeness (QED) is 0.913. The lowest BCUT2D eigenvalue weighted by atomic mass is 9.97. The molecule has 0 spiro atoms. The first-order valence-corrected chi connectivity index (χ1v) is 8.02. The first-order chi connectivity index (χ1) is 9.88. The maximum atomic E-state index is 5.84. The number of likely N-dealkylation sites (N-methyl/N-ethyl adjacent to an activating group) is 1. The van der Waals surface area contributed by atoms with Crippen molar-refractivity contribution in [2.45, 2.75) is 44.9 Å². The molecule has 3 rings (SSSR count). The van der Waals surface area contributed by atoms with Gasteiger partial charge in [-0.2, -0.15) is 0 Å². The number of nitrogens with zero attached hydrogens (tertiary/aromatic N) is 1. The molecule has 110 valence electrons. The summed E-state index contributed by atoms with van der Waals surface area (Å²) in [5.41, 5.74) is 2.97. The summed E-state index contributed by atoms with van der Waals surface area (Å²) in [6.45, 7) is 7.50. The second-order valence-corrected chi connectivity index (χ2v) is 5.90. The van der Waals surface area contributed by atoms with E-state index in [0.717, 1.165) is 32.8 Å². The van der Waals surface area contributed by atoms with Gasteiger partial charge in [0.1, 0.15) is 0 Å². The average molecular weight is 274 g/mol. The van der Waals surface area contributed by atoms with Gasteiger partial charge in [0.05, 0.1) is 6.10 Å². The largest absolute Gasteiger partial charge is 0.377 e. The Morgan fingerprint density at radius 1 is 1.30 bits per heavy atom. The molecular weight excluding hydrogens is 248 g/mol. The zero-order valence-electron chi connectivity index (χ0n) is 12.5. The van der Waals surface area contributed by atoms with Crippen molar-refractivity contribution in [2.24, 2.45) is 0 Å². The van der Waals surface area contributed by atoms with E-state index in [9.17, 15) is 0 Å². The van der Waals surface area contributed by atoms with Crippen LogP contribution in [0.5, 0.6) is 0 Å². The molecule has 0 aliphatic carbocycles. The second-order valence-electron chi connectivity index (χ2n) is 5.90. The van der Waals surface area contributed by atoms with Crippen LogP contribution in [0, 0.1) is 0 Å². The van der Waals surface area contributed by atoms with E-state index in [1.54, 1.807) is 0 Å². The van der Waals surface area contributed by atoms with Gasteiger partial charge in [-0.1, -0.05) is 31.2 Å². The molecule has 1 saturated heterocycles. The Hall–Kier alpha value is -0.900. The lowest BCUT2D eigenvalue weighted by Crippen LogP contribution is -2.36. The molecule has 3 nitrogen and oxygen atoms in total. The molecule has 1 fully saturated rings. The van der Waals surface area contributed by atoms with Gasteiger partial charge in [-0.15, -0.1) is 0 Å². The molecule has 20 heavy (non-hydrogen) atoms. The van der Waals surface area contributed by atoms with Crippen LogP contribution in [0.2, 0.25) is 0 Å². The summed E-state index contributed by atoms with van der Waals surface area (Å²) in [4.78, 5) is 2.61. The summed E-state index contributed by atoms with van der Waals surface area (Å²) >= 11 is 0. The van der Waals surface area contributed by atoms with Crippen LogP contribution < -0.4 is 5.32 Å². The van der Waals surface area contributed by atoms with E-state index in [2.05, 4.69) is 41.4 Å². The summed E-state index contributed by atoms with van der Waals surface area (Å²) in [6, 6.07) is 9.44. The molecule has 0 saturated carbocycles. The molecule has 2 heterocycles. The van der Waals surface area contributed by atoms with Crippen LogP contribution in [0.4, 0.5) is 0 Å². The molecule has 2 unspecified atom stereocenters. The Morgan fingerprint density at radius 3 is 3.00 bits per heavy atom. The minimum Gasteiger partial charge on any atom is -0.377 e. The minimum absolute atomic E-state index is 0.443. The van der Waals surface area contributed by atoms with Crippen molar-refractivity contribution in [1.29, 1.82) is 0 Å². The maximum Gasteiger partial charge on any atom is 0.0703 e. The molecule has 1 N–H and O–H groups in total. The summed E-state index contributed by atoms with van der Waals surface area (Å²) in [6.07, 6.45) is 4.09. The van der Waals surface area contributed by atoms with E-state index in [0.29, 0.717) is 12.1 Å². The highest BCUT2D eigenvalue weighted by molar-refractivity contribution is 5.31. The van der Waals surface area contributed by atoms with Gasteiger partial charge in [-0.3, -0.25) is 4.90 Å². The van der Waals surface area contributed by atoms with Crippen molar-refractivity contribution in [3.8, 4) is 0 Å². The smallest absolute Gasteiger partial charge is 0.0703 e. The van der Waals surface area contributed by atoms with E-state index in [1.807, 2.05) is 0 Å². The molecule has 1 aromatic carbocycles. The fraction of sp³-hybridized carbons (Fsp3) is 0.647. The van der Waals surface area contributed by atoms with Gasteiger partial charge in [-0.25, -0.2) is 0 Å². The van der Waals surface area contributed by atoms with Gasteiger partial charge in [-0.05, 0) is 43.5 Å². The molecule has 2 atom stereocenters. The number of benzene rings is 1. The van der Waals surface area contributed by atoms with Gasteiger partial charge < -0.3 is 10.1 Å². The molecule has 0 bridgehead atoms. The number of fused-ring (bicyclic) bond motifs is 1. The van der Waals surface area contributed by atoms with Crippen molar-refractivity contribution < 1.29 is 4.74 Å². The van der Waals surface area contributed by atoms with Crippen LogP contribution in [0.3, 0.4) is 0 Å². The third kappa shape index (κ3) is 3.05. The van der Waals surface area contributed by atoms with Gasteiger partial charge >= 0.3 is 0 Å². The molecule has 3 heteroatoms. The van der Waals surface area contributed by atoms with Gasteiger partial charge in [0, 0.05) is 25.7 Å². The van der Waals surface area contributed by atoms with Crippen molar-refractivity contribution in [2.75, 3.05) is 26.2 Å². The lowest BCUT2D eigenvalue weighted by molar-refractivity contribution is 0.0574. The number of ether oxygens (including phenoxy) is 1. The summed E-state index contributed by atoms with van der Waals surface area (Å²) in [7, 11) is 0. The normalized spacial score (nSPS) is 26.5. The predicted octanol–water partition coefficient (Wildman–Crippen LogP) is 2.72. The van der Waals surface area contributed by atoms with Crippen LogP contribution in [0.25, 0.3) is 0 Å². The van der Waals surface area contributed by atoms with Gasteiger partial charge in [0.15, 0.2) is 0 Å². The van der Waals surface area contributed by atoms with Crippen LogP contribution in [0.15, 0.2) is 24.3 Å². The number of rotatable bonds is 4. The highest BCUT2D eigenvalue weighted by Crippen LogP contribution is 2.30. The van der Waals surface area contributed by atoms with Crippen LogP contribution in [-0.4, -0.2) is 37.2 Å². The zero-order chi connectivity index (χ0) is 13.8. The van der Waals surface area contributed by atoms with E-state index in [4.69, 9.17) is 4.74 Å². The summed E-state index contributed by atoms with van der Waals surface area (Å²) in [5, 5.41) is 3.55. The number of hydrogen-bond acceptors (Lipinski definition) is 3. The first-order valence-electron chi connectivity index (χ1n) is 8.02. The molecule has 2 aliphatic rings. The predicted molar refractivity (Wildman–Crippen MR) is 81.7 cm³/mol. The third-order valence-corrected chi connectivity index (χ3v) is 4.63. The van der Waals surface area contributed by atoms with Crippen molar-refractivity contribution in [3.05, 3.63) is 35.4 Å². The summed E-state index contributed by atoms with van der Waals surface area (Å²) < 4.78 is 5.84. The fourth-order valence-electron chi connectivity index (χ4n) is 3.54. The topological polar surface area (TPSA) is 24.5 Å². The van der Waals surface area contributed by atoms with E-state index in [-0.39, 0.29) is 0 Å². The molecular formula is C17H26N2O. The molecule has 2 aliphatic heterocycles. The van der Waals surface area contributed by atoms with Gasteiger partial charge in [0.2, 0.25) is 0 Å². The SMILES string of the molecule is CCN(CC1CCCO1)C1CCNCc2ccccc21. The number of nitrogens with one attached hydrogen (secondary N) is 1. The minimum atomic E-state index is 0.443. The Bertz CT molecular complexity index is 429. The first kappa shape index (κ1) is 14.1. The second kappa shape index (κ2) is 6.70. The number of hydrogen-bond donors (Lipinski definition) is 1. The van der Waals surface area contributed by atoms with Crippen LogP contribution in [0.1, 0.15) is 43.4 Å². The lowest BCUT2D eigenvalue weighted by Gasteiger charge is -2.33. The molecule has 0 radical (unpaired) electrons. The monoisotopic (exact) mass is 274 g/mol. The van der Waals surface area contributed by atoms with E-state index in [1.165, 1.54) is 30.4 Å². The highest BCUT2D eigenvalue weighted by Gasteiger charge is 2.26. The summed E-state index contributed by atoms with van der Waals surface area (Å²) in [5.74, 6) is 0. The Morgan fingerprint density at radius 2 is 2.20 bits per heavy atom. The van der Waals surface area contributed by atoms with Crippen molar-refractivity contribution in [1.82, 2.24) is 10.2 Å². The highest BCUT2D eigenvalue weighted by atomic mass is 16.5. The Balaban J connectivity index is 1.79. The van der Waals surface area contributed by atoms with Crippen molar-refractivity contribution in [3.63, 3.8) is 0 Å².